The van der Waals surface area contributed by atoms with Gasteiger partial charge in [-0.15, -0.1) is 0 Å². The summed E-state index contributed by atoms with van der Waals surface area (Å²) in [5, 5.41) is 3.90. The second-order valence-corrected chi connectivity index (χ2v) is 8.21. The Kier molecular flexibility index (Phi) is 6.66. The van der Waals surface area contributed by atoms with Crippen LogP contribution in [0.4, 0.5) is 0 Å². The highest BCUT2D eigenvalue weighted by Crippen LogP contribution is 2.28. The van der Waals surface area contributed by atoms with Crippen LogP contribution in [0.3, 0.4) is 0 Å². The van der Waals surface area contributed by atoms with Crippen LogP contribution in [0.25, 0.3) is 0 Å². The molecule has 150 valence electrons. The lowest BCUT2D eigenvalue weighted by atomic mass is 9.89. The number of halogens is 1. The molecule has 0 heterocycles. The number of hydrogen-bond donors (Lipinski definition) is 1. The number of amides is 1. The number of carbonyl (C=O) groups excluding carboxylic acids is 1. The highest BCUT2D eigenvalue weighted by Gasteiger charge is 2.21. The van der Waals surface area contributed by atoms with Crippen molar-refractivity contribution < 1.29 is 9.53 Å². The second-order valence-electron chi connectivity index (χ2n) is 7.84. The second kappa shape index (κ2) is 9.00. The summed E-state index contributed by atoms with van der Waals surface area (Å²) in [6.07, 6.45) is 5.11. The molecule has 1 aliphatic carbocycles. The van der Waals surface area contributed by atoms with Crippen molar-refractivity contribution in [2.45, 2.75) is 71.9 Å². The molecular weight excluding hydrogens is 370 g/mol. The van der Waals surface area contributed by atoms with Crippen molar-refractivity contribution >= 4 is 17.5 Å². The molecule has 1 aliphatic rings. The lowest BCUT2D eigenvalue weighted by molar-refractivity contribution is -0.128. The predicted molar refractivity (Wildman–Crippen MR) is 115 cm³/mol. The first kappa shape index (κ1) is 20.7. The van der Waals surface area contributed by atoms with E-state index in [0.717, 1.165) is 29.0 Å². The highest BCUT2D eigenvalue weighted by molar-refractivity contribution is 6.32. The molecule has 0 radical (unpaired) electrons. The van der Waals surface area contributed by atoms with Crippen molar-refractivity contribution in [1.29, 1.82) is 0 Å². The van der Waals surface area contributed by atoms with Crippen molar-refractivity contribution in [3.05, 3.63) is 63.2 Å². The molecule has 2 aromatic rings. The largest absolute Gasteiger partial charge is 0.481 e. The Labute approximate surface area is 173 Å². The predicted octanol–water partition coefficient (Wildman–Crippen LogP) is 5.87. The van der Waals surface area contributed by atoms with Gasteiger partial charge in [0, 0.05) is 5.02 Å². The fourth-order valence-electron chi connectivity index (χ4n) is 3.91. The van der Waals surface area contributed by atoms with E-state index in [1.54, 1.807) is 6.92 Å². The number of rotatable bonds is 6. The Hall–Kier alpha value is -2.00. The molecule has 1 amide bonds. The summed E-state index contributed by atoms with van der Waals surface area (Å²) >= 11 is 6.22. The summed E-state index contributed by atoms with van der Waals surface area (Å²) < 4.78 is 5.89. The van der Waals surface area contributed by atoms with E-state index in [1.807, 2.05) is 26.0 Å². The molecule has 3 nitrogen and oxygen atoms in total. The minimum atomic E-state index is -0.577. The van der Waals surface area contributed by atoms with E-state index in [0.29, 0.717) is 5.75 Å². The van der Waals surface area contributed by atoms with Gasteiger partial charge in [0.05, 0.1) is 6.04 Å². The summed E-state index contributed by atoms with van der Waals surface area (Å²) in [5.74, 6) is 0.568. The van der Waals surface area contributed by atoms with Crippen LogP contribution in [0.5, 0.6) is 5.75 Å². The van der Waals surface area contributed by atoms with Crippen LogP contribution in [-0.2, 0) is 17.6 Å². The topological polar surface area (TPSA) is 38.3 Å². The van der Waals surface area contributed by atoms with Gasteiger partial charge in [-0.3, -0.25) is 4.79 Å². The van der Waals surface area contributed by atoms with Crippen LogP contribution in [0.15, 0.2) is 30.3 Å². The zero-order valence-electron chi connectivity index (χ0n) is 17.3. The molecule has 0 aromatic heterocycles. The molecule has 0 fully saturated rings. The first-order valence-electron chi connectivity index (χ1n) is 10.2. The SMILES string of the molecule is CC[C@@H](NC(=O)[C@H](C)Oc1cc(C)c(Cl)c(C)c1)c1ccc2c(c1)CCCC2. The number of hydrogen-bond acceptors (Lipinski definition) is 2. The van der Waals surface area contributed by atoms with Gasteiger partial charge in [-0.25, -0.2) is 0 Å². The Morgan fingerprint density at radius 1 is 1.11 bits per heavy atom. The van der Waals surface area contributed by atoms with E-state index in [1.165, 1.54) is 36.0 Å². The number of aryl methyl sites for hydroxylation is 4. The number of nitrogens with one attached hydrogen (secondary N) is 1. The van der Waals surface area contributed by atoms with E-state index in [2.05, 4.69) is 30.4 Å². The Morgan fingerprint density at radius 3 is 2.39 bits per heavy atom. The van der Waals surface area contributed by atoms with E-state index in [4.69, 9.17) is 16.3 Å². The molecule has 28 heavy (non-hydrogen) atoms. The van der Waals surface area contributed by atoms with Crippen molar-refractivity contribution in [1.82, 2.24) is 5.32 Å². The van der Waals surface area contributed by atoms with Gasteiger partial charge in [-0.2, -0.15) is 0 Å². The third kappa shape index (κ3) is 4.70. The van der Waals surface area contributed by atoms with Crippen LogP contribution in [0, 0.1) is 13.8 Å². The van der Waals surface area contributed by atoms with Crippen molar-refractivity contribution in [2.24, 2.45) is 0 Å². The van der Waals surface area contributed by atoms with E-state index in [9.17, 15) is 4.79 Å². The Bertz CT molecular complexity index is 839. The number of benzene rings is 2. The van der Waals surface area contributed by atoms with Gasteiger partial charge in [-0.05, 0) is 92.8 Å². The third-order valence-electron chi connectivity index (χ3n) is 5.59. The van der Waals surface area contributed by atoms with Crippen LogP contribution in [0.2, 0.25) is 5.02 Å². The average Bonchev–Trinajstić information content (AvgIpc) is 2.69. The summed E-state index contributed by atoms with van der Waals surface area (Å²) in [6, 6.07) is 10.4. The van der Waals surface area contributed by atoms with Gasteiger partial charge in [-0.1, -0.05) is 36.7 Å². The summed E-state index contributed by atoms with van der Waals surface area (Å²) in [5.41, 5.74) is 5.98. The maximum absolute atomic E-state index is 12.8. The first-order chi connectivity index (χ1) is 13.4. The fraction of sp³-hybridized carbons (Fsp3) is 0.458. The lowest BCUT2D eigenvalue weighted by Gasteiger charge is -2.23. The average molecular weight is 400 g/mol. The Balaban J connectivity index is 1.68. The molecule has 2 atom stereocenters. The summed E-state index contributed by atoms with van der Waals surface area (Å²) in [6.45, 7) is 7.77. The quantitative estimate of drug-likeness (QED) is 0.659. The van der Waals surface area contributed by atoms with Gasteiger partial charge >= 0.3 is 0 Å². The molecule has 0 saturated carbocycles. The Morgan fingerprint density at radius 2 is 1.75 bits per heavy atom. The van der Waals surface area contributed by atoms with Gasteiger partial charge in [0.15, 0.2) is 6.10 Å². The maximum Gasteiger partial charge on any atom is 0.261 e. The van der Waals surface area contributed by atoms with Crippen LogP contribution < -0.4 is 10.1 Å². The standard InChI is InChI=1S/C24H30ClNO2/c1-5-22(20-11-10-18-8-6-7-9-19(18)14-20)26-24(27)17(4)28-21-12-15(2)23(25)16(3)13-21/h10-14,17,22H,5-9H2,1-4H3,(H,26,27)/t17-,22+/m0/s1. The normalized spacial score (nSPS) is 15.5. The fourth-order valence-corrected chi connectivity index (χ4v) is 4.02. The van der Waals surface area contributed by atoms with Crippen molar-refractivity contribution in [3.8, 4) is 5.75 Å². The minimum absolute atomic E-state index is 0.000494. The molecule has 0 unspecified atom stereocenters. The molecule has 1 N–H and O–H groups in total. The van der Waals surface area contributed by atoms with E-state index in [-0.39, 0.29) is 11.9 Å². The molecule has 0 aliphatic heterocycles. The zero-order valence-corrected chi connectivity index (χ0v) is 18.0. The van der Waals surface area contributed by atoms with Gasteiger partial charge in [0.1, 0.15) is 5.75 Å². The molecule has 3 rings (SSSR count). The molecular formula is C24H30ClNO2. The summed E-state index contributed by atoms with van der Waals surface area (Å²) in [4.78, 5) is 12.8. The maximum atomic E-state index is 12.8. The smallest absolute Gasteiger partial charge is 0.261 e. The molecule has 0 bridgehead atoms. The number of fused-ring (bicyclic) bond motifs is 1. The first-order valence-corrected chi connectivity index (χ1v) is 10.6. The number of ether oxygens (including phenoxy) is 1. The van der Waals surface area contributed by atoms with Gasteiger partial charge in [0.25, 0.3) is 5.91 Å². The molecule has 2 aromatic carbocycles. The van der Waals surface area contributed by atoms with Crippen LogP contribution >= 0.6 is 11.6 Å². The van der Waals surface area contributed by atoms with E-state index < -0.39 is 6.10 Å². The monoisotopic (exact) mass is 399 g/mol. The number of carbonyl (C=O) groups is 1. The van der Waals surface area contributed by atoms with Crippen LogP contribution in [0.1, 0.15) is 67.0 Å². The van der Waals surface area contributed by atoms with Gasteiger partial charge in [0.2, 0.25) is 0 Å². The van der Waals surface area contributed by atoms with Crippen molar-refractivity contribution in [3.63, 3.8) is 0 Å². The zero-order chi connectivity index (χ0) is 20.3. The molecule has 0 spiro atoms. The third-order valence-corrected chi connectivity index (χ3v) is 6.19. The lowest BCUT2D eigenvalue weighted by Crippen LogP contribution is -2.38. The van der Waals surface area contributed by atoms with Crippen LogP contribution in [-0.4, -0.2) is 12.0 Å². The minimum Gasteiger partial charge on any atom is -0.481 e. The molecule has 4 heteroatoms. The highest BCUT2D eigenvalue weighted by atomic mass is 35.5. The summed E-state index contributed by atoms with van der Waals surface area (Å²) in [7, 11) is 0. The van der Waals surface area contributed by atoms with E-state index >= 15 is 0 Å². The van der Waals surface area contributed by atoms with Crippen molar-refractivity contribution in [2.75, 3.05) is 0 Å². The molecule has 0 saturated heterocycles. The van der Waals surface area contributed by atoms with Gasteiger partial charge < -0.3 is 10.1 Å².